The third-order valence-electron chi connectivity index (χ3n) is 1.18. The van der Waals surface area contributed by atoms with Crippen molar-refractivity contribution in [2.75, 3.05) is 14.1 Å². The smallest absolute Gasteiger partial charge is 0.143 e. The molecule has 1 N–H and O–H groups in total. The van der Waals surface area contributed by atoms with Crippen molar-refractivity contribution in [3.8, 4) is 0 Å². The zero-order chi connectivity index (χ0) is 9.56. The Morgan fingerprint density at radius 1 is 1.58 bits per heavy atom. The van der Waals surface area contributed by atoms with Crippen molar-refractivity contribution >= 4 is 23.4 Å². The first-order chi connectivity index (χ1) is 5.61. The van der Waals surface area contributed by atoms with Gasteiger partial charge in [-0.3, -0.25) is 4.99 Å². The Morgan fingerprint density at radius 2 is 2.17 bits per heavy atom. The Bertz CT molecular complexity index is 179. The molecule has 0 aliphatic rings. The highest BCUT2D eigenvalue weighted by Gasteiger charge is 2.08. The van der Waals surface area contributed by atoms with E-state index in [-0.39, 0.29) is 5.25 Å². The van der Waals surface area contributed by atoms with Crippen LogP contribution < -0.4 is 5.32 Å². The van der Waals surface area contributed by atoms with Gasteiger partial charge in [0, 0.05) is 14.1 Å². The van der Waals surface area contributed by atoms with Gasteiger partial charge in [-0.25, -0.2) is 0 Å². The molecule has 0 heterocycles. The number of aliphatic imine (C=N–C) groups is 1. The summed E-state index contributed by atoms with van der Waals surface area (Å²) < 4.78 is 14.9. The minimum Gasteiger partial charge on any atom is -0.591 e. The van der Waals surface area contributed by atoms with Crippen molar-refractivity contribution in [3.05, 3.63) is 0 Å². The average molecular weight is 189 g/mol. The van der Waals surface area contributed by atoms with E-state index in [2.05, 4.69) is 14.7 Å². The lowest BCUT2D eigenvalue weighted by Gasteiger charge is -2.05. The Morgan fingerprint density at radius 3 is 2.50 bits per heavy atom. The number of nitrogens with one attached hydrogen (secondary N) is 1. The first kappa shape index (κ1) is 11.4. The van der Waals surface area contributed by atoms with Crippen LogP contribution in [0.25, 0.3) is 0 Å². The largest absolute Gasteiger partial charge is 0.591 e. The molecule has 1 unspecified atom stereocenters. The van der Waals surface area contributed by atoms with Gasteiger partial charge < -0.3 is 9.87 Å². The summed E-state index contributed by atoms with van der Waals surface area (Å²) in [5, 5.41) is 2.86. The maximum atomic E-state index is 11.1. The van der Waals surface area contributed by atoms with E-state index in [1.54, 1.807) is 14.1 Å². The standard InChI is InChI=1S/C7H15N3OS/c1-6(2)12(11)10-5-7(8-3)9-4/h5-6H,1-4H3,(H,8,9)/b10-5+. The minimum absolute atomic E-state index is 0.0520. The lowest BCUT2D eigenvalue weighted by atomic mass is 10.6. The van der Waals surface area contributed by atoms with Gasteiger partial charge in [-0.2, -0.15) is 0 Å². The lowest BCUT2D eigenvalue weighted by molar-refractivity contribution is 0.588. The van der Waals surface area contributed by atoms with E-state index in [0.717, 1.165) is 0 Å². The average Bonchev–Trinajstić information content (AvgIpc) is 2.05. The molecule has 0 aromatic rings. The third kappa shape index (κ3) is 4.35. The van der Waals surface area contributed by atoms with E-state index in [1.807, 2.05) is 13.8 Å². The molecule has 0 rings (SSSR count). The molecule has 0 fully saturated rings. The number of hydrogen-bond donors (Lipinski definition) is 1. The molecule has 0 spiro atoms. The van der Waals surface area contributed by atoms with Crippen molar-refractivity contribution in [3.63, 3.8) is 0 Å². The van der Waals surface area contributed by atoms with E-state index >= 15 is 0 Å². The van der Waals surface area contributed by atoms with Crippen LogP contribution in [0.5, 0.6) is 0 Å². The van der Waals surface area contributed by atoms with Crippen molar-refractivity contribution < 1.29 is 4.55 Å². The van der Waals surface area contributed by atoms with Crippen LogP contribution >= 0.6 is 0 Å². The van der Waals surface area contributed by atoms with Crippen LogP contribution in [0.1, 0.15) is 13.8 Å². The van der Waals surface area contributed by atoms with Crippen LogP contribution in [-0.2, 0) is 11.4 Å². The van der Waals surface area contributed by atoms with Gasteiger partial charge >= 0.3 is 0 Å². The van der Waals surface area contributed by atoms with Crippen LogP contribution in [0, 0.1) is 0 Å². The van der Waals surface area contributed by atoms with Gasteiger partial charge in [0.05, 0.1) is 11.4 Å². The predicted molar refractivity (Wildman–Crippen MR) is 54.2 cm³/mol. The van der Waals surface area contributed by atoms with Crippen molar-refractivity contribution in [2.45, 2.75) is 19.1 Å². The molecule has 5 heteroatoms. The van der Waals surface area contributed by atoms with Crippen molar-refractivity contribution in [1.29, 1.82) is 0 Å². The molecule has 0 aliphatic heterocycles. The van der Waals surface area contributed by atoms with Gasteiger partial charge in [-0.15, -0.1) is 0 Å². The van der Waals surface area contributed by atoms with Crippen LogP contribution in [-0.4, -0.2) is 35.9 Å². The molecule has 1 atom stereocenters. The molecule has 4 nitrogen and oxygen atoms in total. The van der Waals surface area contributed by atoms with Crippen molar-refractivity contribution in [1.82, 2.24) is 5.32 Å². The van der Waals surface area contributed by atoms with E-state index < -0.39 is 11.4 Å². The fourth-order valence-electron chi connectivity index (χ4n) is 0.458. The molecule has 0 saturated carbocycles. The molecule has 0 aromatic heterocycles. The third-order valence-corrected chi connectivity index (χ3v) is 2.30. The summed E-state index contributed by atoms with van der Waals surface area (Å²) in [5.41, 5.74) is 0. The molecule has 0 amide bonds. The Hall–Kier alpha value is -0.550. The molecule has 0 bridgehead atoms. The second-order valence-corrected chi connectivity index (χ2v) is 4.12. The highest BCUT2D eigenvalue weighted by molar-refractivity contribution is 7.90. The zero-order valence-electron chi connectivity index (χ0n) is 7.87. The molecular weight excluding hydrogens is 174 g/mol. The first-order valence-electron chi connectivity index (χ1n) is 3.71. The van der Waals surface area contributed by atoms with E-state index in [9.17, 15) is 4.55 Å². The van der Waals surface area contributed by atoms with Gasteiger partial charge in [0.25, 0.3) is 0 Å². The second kappa shape index (κ2) is 6.02. The maximum Gasteiger partial charge on any atom is 0.143 e. The van der Waals surface area contributed by atoms with Gasteiger partial charge in [-0.1, -0.05) is 4.40 Å². The first-order valence-corrected chi connectivity index (χ1v) is 4.88. The molecule has 70 valence electrons. The van der Waals surface area contributed by atoms with Crippen LogP contribution in [0.2, 0.25) is 0 Å². The van der Waals surface area contributed by atoms with Gasteiger partial charge in [0.2, 0.25) is 0 Å². The number of amidine groups is 1. The molecule has 0 saturated heterocycles. The molecule has 0 aliphatic carbocycles. The minimum atomic E-state index is -1.15. The van der Waals surface area contributed by atoms with Gasteiger partial charge in [-0.05, 0) is 13.8 Å². The summed E-state index contributed by atoms with van der Waals surface area (Å²) in [6, 6.07) is 0. The fourth-order valence-corrected chi connectivity index (χ4v) is 0.905. The van der Waals surface area contributed by atoms with E-state index in [0.29, 0.717) is 5.84 Å². The summed E-state index contributed by atoms with van der Waals surface area (Å²) in [6.45, 7) is 3.71. The Kier molecular flexibility index (Phi) is 5.74. The summed E-state index contributed by atoms with van der Waals surface area (Å²) in [5.74, 6) is 0.629. The lowest BCUT2D eigenvalue weighted by Crippen LogP contribution is -2.21. The topological polar surface area (TPSA) is 59.8 Å². The summed E-state index contributed by atoms with van der Waals surface area (Å²) in [7, 11) is 3.39. The number of hydrogen-bond acceptors (Lipinski definition) is 3. The number of rotatable bonds is 3. The summed E-state index contributed by atoms with van der Waals surface area (Å²) in [4.78, 5) is 3.86. The molecule has 0 radical (unpaired) electrons. The zero-order valence-corrected chi connectivity index (χ0v) is 8.68. The van der Waals surface area contributed by atoms with E-state index in [1.165, 1.54) is 6.21 Å². The van der Waals surface area contributed by atoms with Crippen LogP contribution in [0.15, 0.2) is 9.39 Å². The SMILES string of the molecule is C/N=C(/C=N/[S+]([O-])C(C)C)NC. The maximum absolute atomic E-state index is 11.1. The second-order valence-electron chi connectivity index (χ2n) is 2.42. The number of nitrogens with zero attached hydrogens (tertiary/aromatic N) is 2. The summed E-state index contributed by atoms with van der Waals surface area (Å²) in [6.07, 6.45) is 1.48. The van der Waals surface area contributed by atoms with Crippen molar-refractivity contribution in [2.24, 2.45) is 9.39 Å². The van der Waals surface area contributed by atoms with Gasteiger partial charge in [0.15, 0.2) is 0 Å². The van der Waals surface area contributed by atoms with Crippen LogP contribution in [0.4, 0.5) is 0 Å². The predicted octanol–water partition coefficient (Wildman–Crippen LogP) is 0.377. The van der Waals surface area contributed by atoms with Gasteiger partial charge in [0.1, 0.15) is 17.3 Å². The Labute approximate surface area is 76.5 Å². The van der Waals surface area contributed by atoms with Crippen LogP contribution in [0.3, 0.4) is 0 Å². The Balaban J connectivity index is 4.05. The fraction of sp³-hybridized carbons (Fsp3) is 0.714. The summed E-state index contributed by atoms with van der Waals surface area (Å²) >= 11 is -1.15. The monoisotopic (exact) mass is 189 g/mol. The molecule has 12 heavy (non-hydrogen) atoms. The van der Waals surface area contributed by atoms with E-state index in [4.69, 9.17) is 0 Å². The quantitative estimate of drug-likeness (QED) is 0.396. The highest BCUT2D eigenvalue weighted by Crippen LogP contribution is 2.00. The molecular formula is C7H15N3OS. The normalized spacial score (nSPS) is 15.7. The highest BCUT2D eigenvalue weighted by atomic mass is 32.2. The molecule has 0 aromatic carbocycles.